The molecule has 2 amide bonds. The Labute approximate surface area is 174 Å². The van der Waals surface area contributed by atoms with E-state index in [2.05, 4.69) is 10.1 Å². The van der Waals surface area contributed by atoms with Crippen LogP contribution >= 0.6 is 11.8 Å². The van der Waals surface area contributed by atoms with Crippen LogP contribution in [0, 0.1) is 0 Å². The molecule has 0 spiro atoms. The van der Waals surface area contributed by atoms with E-state index in [1.54, 1.807) is 30.3 Å². The van der Waals surface area contributed by atoms with Crippen molar-refractivity contribution < 1.29 is 19.1 Å². The second-order valence-corrected chi connectivity index (χ2v) is 7.76. The number of nitrogens with one attached hydrogen (secondary N) is 1. The smallest absolute Gasteiger partial charge is 0.337 e. The summed E-state index contributed by atoms with van der Waals surface area (Å²) in [7, 11) is 1.34. The Morgan fingerprint density at radius 1 is 1.03 bits per heavy atom. The zero-order valence-corrected chi connectivity index (χ0v) is 17.2. The quantitative estimate of drug-likeness (QED) is 0.559. The van der Waals surface area contributed by atoms with Crippen LogP contribution in [0.25, 0.3) is 0 Å². The number of likely N-dealkylation sites (tertiary alicyclic amines) is 1. The predicted octanol–water partition coefficient (Wildman–Crippen LogP) is 3.12. The number of benzene rings is 2. The lowest BCUT2D eigenvalue weighted by molar-refractivity contribution is -0.127. The van der Waals surface area contributed by atoms with Gasteiger partial charge in [0.2, 0.25) is 5.91 Å². The molecule has 0 aromatic heterocycles. The van der Waals surface area contributed by atoms with Gasteiger partial charge in [0.15, 0.2) is 0 Å². The zero-order chi connectivity index (χ0) is 20.6. The zero-order valence-electron chi connectivity index (χ0n) is 16.3. The number of carbonyl (C=O) groups is 3. The molecular formula is C22H24N2O4S. The van der Waals surface area contributed by atoms with Crippen molar-refractivity contribution in [2.24, 2.45) is 0 Å². The van der Waals surface area contributed by atoms with Crippen LogP contribution in [-0.4, -0.2) is 48.6 Å². The summed E-state index contributed by atoms with van der Waals surface area (Å²) in [4.78, 5) is 39.1. The first kappa shape index (κ1) is 20.9. The van der Waals surface area contributed by atoms with E-state index in [1.165, 1.54) is 18.9 Å². The van der Waals surface area contributed by atoms with Gasteiger partial charge in [-0.2, -0.15) is 0 Å². The maximum atomic E-state index is 12.7. The number of amides is 2. The van der Waals surface area contributed by atoms with Crippen molar-refractivity contribution in [2.75, 3.05) is 26.0 Å². The lowest BCUT2D eigenvalue weighted by Gasteiger charge is -2.15. The highest BCUT2D eigenvalue weighted by Gasteiger charge is 2.19. The van der Waals surface area contributed by atoms with Gasteiger partial charge in [-0.25, -0.2) is 4.79 Å². The number of thioether (sulfide) groups is 1. The number of rotatable bonds is 7. The largest absolute Gasteiger partial charge is 0.465 e. The van der Waals surface area contributed by atoms with Crippen LogP contribution in [0.1, 0.15) is 39.1 Å². The summed E-state index contributed by atoms with van der Waals surface area (Å²) < 4.78 is 4.68. The molecule has 0 saturated carbocycles. The van der Waals surface area contributed by atoms with Gasteiger partial charge in [0.1, 0.15) is 0 Å². The Balaban J connectivity index is 1.57. The van der Waals surface area contributed by atoms with E-state index in [0.29, 0.717) is 23.4 Å². The average Bonchev–Trinajstić information content (AvgIpc) is 3.31. The Kier molecular flexibility index (Phi) is 7.30. The lowest BCUT2D eigenvalue weighted by Crippen LogP contribution is -2.29. The third-order valence-electron chi connectivity index (χ3n) is 4.77. The van der Waals surface area contributed by atoms with E-state index in [9.17, 15) is 14.4 Å². The minimum atomic E-state index is -0.394. The maximum absolute atomic E-state index is 12.7. The van der Waals surface area contributed by atoms with Crippen molar-refractivity contribution >= 4 is 29.5 Å². The molecule has 1 aliphatic rings. The fourth-order valence-corrected chi connectivity index (χ4v) is 4.08. The van der Waals surface area contributed by atoms with E-state index in [1.807, 2.05) is 23.1 Å². The molecule has 2 aromatic rings. The highest BCUT2D eigenvalue weighted by molar-refractivity contribution is 8.00. The Bertz CT molecular complexity index is 877. The monoisotopic (exact) mass is 412 g/mol. The molecule has 0 atom stereocenters. The average molecular weight is 413 g/mol. The van der Waals surface area contributed by atoms with Gasteiger partial charge < -0.3 is 15.0 Å². The normalized spacial score (nSPS) is 13.2. The summed E-state index contributed by atoms with van der Waals surface area (Å²) in [5.74, 6) is -0.138. The van der Waals surface area contributed by atoms with Gasteiger partial charge in [-0.1, -0.05) is 24.3 Å². The molecule has 6 nitrogen and oxygen atoms in total. The van der Waals surface area contributed by atoms with Crippen LogP contribution in [0.5, 0.6) is 0 Å². The molecule has 1 fully saturated rings. The molecule has 1 N–H and O–H groups in total. The highest BCUT2D eigenvalue weighted by atomic mass is 32.2. The summed E-state index contributed by atoms with van der Waals surface area (Å²) in [6, 6.07) is 14.2. The second kappa shape index (κ2) is 10.1. The number of hydrogen-bond acceptors (Lipinski definition) is 5. The summed E-state index contributed by atoms with van der Waals surface area (Å²) in [6.45, 7) is 2.00. The van der Waals surface area contributed by atoms with Gasteiger partial charge in [0.25, 0.3) is 5.91 Å². The SMILES string of the molecule is COC(=O)c1ccc(CNC(=O)c2ccccc2SCC(=O)N2CCCC2)cc1. The fraction of sp³-hybridized carbons (Fsp3) is 0.318. The molecule has 3 rings (SSSR count). The van der Waals surface area contributed by atoms with Crippen LogP contribution in [0.3, 0.4) is 0 Å². The van der Waals surface area contributed by atoms with Crippen molar-refractivity contribution in [3.05, 3.63) is 65.2 Å². The van der Waals surface area contributed by atoms with E-state index < -0.39 is 5.97 Å². The van der Waals surface area contributed by atoms with Crippen LogP contribution in [-0.2, 0) is 16.1 Å². The lowest BCUT2D eigenvalue weighted by atomic mass is 10.1. The van der Waals surface area contributed by atoms with E-state index in [4.69, 9.17) is 0 Å². The number of esters is 1. The third kappa shape index (κ3) is 5.60. The van der Waals surface area contributed by atoms with Crippen molar-refractivity contribution in [1.29, 1.82) is 0 Å². The second-order valence-electron chi connectivity index (χ2n) is 6.74. The fourth-order valence-electron chi connectivity index (χ4n) is 3.13. The standard InChI is InChI=1S/C22H24N2O4S/c1-28-22(27)17-10-8-16(9-11-17)14-23-21(26)18-6-2-3-7-19(18)29-15-20(25)24-12-4-5-13-24/h2-3,6-11H,4-5,12-15H2,1H3,(H,23,26). The topological polar surface area (TPSA) is 75.7 Å². The minimum absolute atomic E-state index is 0.119. The number of ether oxygens (including phenoxy) is 1. The number of nitrogens with zero attached hydrogens (tertiary/aromatic N) is 1. The molecular weight excluding hydrogens is 388 g/mol. The van der Waals surface area contributed by atoms with Crippen molar-refractivity contribution in [3.8, 4) is 0 Å². The first-order chi connectivity index (χ1) is 14.1. The molecule has 0 radical (unpaired) electrons. The molecule has 1 heterocycles. The molecule has 1 aliphatic heterocycles. The van der Waals surface area contributed by atoms with Gasteiger partial charge in [-0.3, -0.25) is 9.59 Å². The molecule has 0 unspecified atom stereocenters. The van der Waals surface area contributed by atoms with Gasteiger partial charge >= 0.3 is 5.97 Å². The maximum Gasteiger partial charge on any atom is 0.337 e. The van der Waals surface area contributed by atoms with Crippen LogP contribution < -0.4 is 5.32 Å². The molecule has 7 heteroatoms. The predicted molar refractivity (Wildman–Crippen MR) is 112 cm³/mol. The Morgan fingerprint density at radius 2 is 1.72 bits per heavy atom. The number of hydrogen-bond donors (Lipinski definition) is 1. The molecule has 0 aliphatic carbocycles. The van der Waals surface area contributed by atoms with E-state index in [0.717, 1.165) is 36.4 Å². The summed E-state index contributed by atoms with van der Waals surface area (Å²) >= 11 is 1.40. The highest BCUT2D eigenvalue weighted by Crippen LogP contribution is 2.24. The van der Waals surface area contributed by atoms with E-state index in [-0.39, 0.29) is 11.8 Å². The Hall–Kier alpha value is -2.80. The molecule has 0 bridgehead atoms. The molecule has 152 valence electrons. The van der Waals surface area contributed by atoms with Gasteiger partial charge in [0, 0.05) is 24.5 Å². The van der Waals surface area contributed by atoms with Crippen LogP contribution in [0.4, 0.5) is 0 Å². The summed E-state index contributed by atoms with van der Waals surface area (Å²) in [5.41, 5.74) is 1.89. The molecule has 29 heavy (non-hydrogen) atoms. The minimum Gasteiger partial charge on any atom is -0.465 e. The van der Waals surface area contributed by atoms with Crippen molar-refractivity contribution in [3.63, 3.8) is 0 Å². The van der Waals surface area contributed by atoms with Gasteiger partial charge in [-0.05, 0) is 42.7 Å². The van der Waals surface area contributed by atoms with Gasteiger partial charge in [-0.15, -0.1) is 11.8 Å². The summed E-state index contributed by atoms with van der Waals surface area (Å²) in [5, 5.41) is 2.90. The first-order valence-electron chi connectivity index (χ1n) is 9.53. The van der Waals surface area contributed by atoms with Crippen LogP contribution in [0.15, 0.2) is 53.4 Å². The molecule has 2 aromatic carbocycles. The first-order valence-corrected chi connectivity index (χ1v) is 10.5. The van der Waals surface area contributed by atoms with Crippen LogP contribution in [0.2, 0.25) is 0 Å². The summed E-state index contributed by atoms with van der Waals surface area (Å²) in [6.07, 6.45) is 2.13. The van der Waals surface area contributed by atoms with Crippen molar-refractivity contribution in [2.45, 2.75) is 24.3 Å². The van der Waals surface area contributed by atoms with E-state index >= 15 is 0 Å². The van der Waals surface area contributed by atoms with Gasteiger partial charge in [0.05, 0.1) is 24.0 Å². The Morgan fingerprint density at radius 3 is 2.41 bits per heavy atom. The third-order valence-corrected chi connectivity index (χ3v) is 5.83. The molecule has 1 saturated heterocycles. The number of carbonyl (C=O) groups excluding carboxylic acids is 3. The van der Waals surface area contributed by atoms with Crippen molar-refractivity contribution in [1.82, 2.24) is 10.2 Å². The number of methoxy groups -OCH3 is 1.